The Balaban J connectivity index is 1.46. The van der Waals surface area contributed by atoms with E-state index in [4.69, 9.17) is 14.2 Å². The van der Waals surface area contributed by atoms with Gasteiger partial charge in [-0.1, -0.05) is 12.1 Å². The van der Waals surface area contributed by atoms with Gasteiger partial charge in [0.2, 0.25) is 0 Å². The Morgan fingerprint density at radius 3 is 3.05 bits per heavy atom. The lowest BCUT2D eigenvalue weighted by atomic mass is 10.2. The lowest BCUT2D eigenvalue weighted by Crippen LogP contribution is -2.33. The number of nitrogens with one attached hydrogen (secondary N) is 1. The van der Waals surface area contributed by atoms with Crippen molar-refractivity contribution in [3.63, 3.8) is 0 Å². The molecule has 2 N–H and O–H groups in total. The second-order valence-corrected chi connectivity index (χ2v) is 5.31. The van der Waals surface area contributed by atoms with Gasteiger partial charge in [-0.15, -0.1) is 0 Å². The van der Waals surface area contributed by atoms with E-state index in [0.29, 0.717) is 26.3 Å². The van der Waals surface area contributed by atoms with Gasteiger partial charge in [-0.2, -0.15) is 0 Å². The van der Waals surface area contributed by atoms with Gasteiger partial charge in [0.05, 0.1) is 25.4 Å². The highest BCUT2D eigenvalue weighted by atomic mass is 19.1. The van der Waals surface area contributed by atoms with E-state index in [0.717, 1.165) is 19.4 Å². The molecule has 1 aromatic rings. The molecule has 0 aromatic heterocycles. The molecule has 1 aliphatic rings. The van der Waals surface area contributed by atoms with E-state index in [2.05, 4.69) is 5.32 Å². The zero-order valence-electron chi connectivity index (χ0n) is 12.7. The Morgan fingerprint density at radius 2 is 2.27 bits per heavy atom. The van der Waals surface area contributed by atoms with Crippen molar-refractivity contribution in [3.05, 3.63) is 30.1 Å². The monoisotopic (exact) mass is 313 g/mol. The van der Waals surface area contributed by atoms with Crippen molar-refractivity contribution in [1.82, 2.24) is 5.32 Å². The van der Waals surface area contributed by atoms with Gasteiger partial charge in [-0.05, 0) is 25.0 Å². The Hall–Kier alpha value is -1.21. The smallest absolute Gasteiger partial charge is 0.165 e. The first kappa shape index (κ1) is 17.1. The molecular weight excluding hydrogens is 289 g/mol. The second-order valence-electron chi connectivity index (χ2n) is 5.31. The van der Waals surface area contributed by atoms with Gasteiger partial charge < -0.3 is 24.6 Å². The molecule has 1 saturated heterocycles. The van der Waals surface area contributed by atoms with E-state index in [1.165, 1.54) is 6.07 Å². The summed E-state index contributed by atoms with van der Waals surface area (Å²) in [6, 6.07) is 6.29. The van der Waals surface area contributed by atoms with E-state index in [9.17, 15) is 9.50 Å². The van der Waals surface area contributed by atoms with Crippen LogP contribution in [0.5, 0.6) is 5.75 Å². The fraction of sp³-hybridized carbons (Fsp3) is 0.625. The second kappa shape index (κ2) is 9.74. The van der Waals surface area contributed by atoms with E-state index < -0.39 is 6.10 Å². The van der Waals surface area contributed by atoms with Crippen LogP contribution >= 0.6 is 0 Å². The normalized spacial score (nSPS) is 19.3. The van der Waals surface area contributed by atoms with Gasteiger partial charge >= 0.3 is 0 Å². The van der Waals surface area contributed by atoms with Crippen molar-refractivity contribution in [1.29, 1.82) is 0 Å². The number of para-hydroxylation sites is 1. The first-order chi connectivity index (χ1) is 10.8. The molecule has 6 heteroatoms. The van der Waals surface area contributed by atoms with Gasteiger partial charge in [0.15, 0.2) is 11.6 Å². The number of rotatable bonds is 10. The summed E-state index contributed by atoms with van der Waals surface area (Å²) in [6.07, 6.45) is 1.71. The molecule has 1 aliphatic heterocycles. The predicted octanol–water partition coefficient (Wildman–Crippen LogP) is 1.35. The molecule has 1 heterocycles. The summed E-state index contributed by atoms with van der Waals surface area (Å²) in [7, 11) is 0. The third-order valence-corrected chi connectivity index (χ3v) is 3.39. The summed E-state index contributed by atoms with van der Waals surface area (Å²) in [6.45, 7) is 2.89. The quantitative estimate of drug-likeness (QED) is 0.639. The highest BCUT2D eigenvalue weighted by molar-refractivity contribution is 5.23. The molecule has 124 valence electrons. The zero-order chi connectivity index (χ0) is 15.6. The number of hydrogen-bond donors (Lipinski definition) is 2. The van der Waals surface area contributed by atoms with Crippen molar-refractivity contribution in [3.8, 4) is 5.75 Å². The third kappa shape index (κ3) is 6.27. The zero-order valence-corrected chi connectivity index (χ0v) is 12.7. The number of benzene rings is 1. The maximum atomic E-state index is 13.3. The number of hydrogen-bond acceptors (Lipinski definition) is 5. The molecule has 0 bridgehead atoms. The number of halogens is 1. The minimum atomic E-state index is -0.574. The lowest BCUT2D eigenvalue weighted by molar-refractivity contribution is -0.0164. The van der Waals surface area contributed by atoms with Crippen LogP contribution in [0.2, 0.25) is 0 Å². The van der Waals surface area contributed by atoms with Crippen LogP contribution in [0, 0.1) is 5.82 Å². The maximum absolute atomic E-state index is 13.3. The largest absolute Gasteiger partial charge is 0.489 e. The van der Waals surface area contributed by atoms with Crippen LogP contribution in [0.25, 0.3) is 0 Å². The molecule has 2 unspecified atom stereocenters. The van der Waals surface area contributed by atoms with Gasteiger partial charge in [0.1, 0.15) is 6.61 Å². The molecule has 1 aromatic carbocycles. The van der Waals surface area contributed by atoms with E-state index in [1.807, 2.05) is 0 Å². The highest BCUT2D eigenvalue weighted by Gasteiger charge is 2.16. The molecule has 0 spiro atoms. The van der Waals surface area contributed by atoms with Gasteiger partial charge in [-0.25, -0.2) is 4.39 Å². The Labute approximate surface area is 130 Å². The summed E-state index contributed by atoms with van der Waals surface area (Å²) in [5.74, 6) is -0.130. The first-order valence-electron chi connectivity index (χ1n) is 7.71. The van der Waals surface area contributed by atoms with Crippen LogP contribution in [-0.4, -0.2) is 56.8 Å². The number of aliphatic hydroxyl groups is 1. The van der Waals surface area contributed by atoms with Crippen LogP contribution in [-0.2, 0) is 9.47 Å². The average molecular weight is 313 g/mol. The molecule has 5 nitrogen and oxygen atoms in total. The molecule has 0 radical (unpaired) electrons. The molecule has 2 rings (SSSR count). The van der Waals surface area contributed by atoms with Crippen LogP contribution in [0.15, 0.2) is 24.3 Å². The summed E-state index contributed by atoms with van der Waals surface area (Å²) < 4.78 is 29.4. The number of ether oxygens (including phenoxy) is 3. The SMILES string of the molecule is OC(CNCCOc1ccccc1F)COCC1CCCO1. The standard InChI is InChI=1S/C16H24FNO4/c17-15-5-1-2-6-16(15)22-9-7-18-10-13(19)11-20-12-14-4-3-8-21-14/h1-2,5-6,13-14,18-19H,3-4,7-12H2. The Bertz CT molecular complexity index is 426. The topological polar surface area (TPSA) is 60.0 Å². The van der Waals surface area contributed by atoms with Crippen molar-refractivity contribution in [2.24, 2.45) is 0 Å². The lowest BCUT2D eigenvalue weighted by Gasteiger charge is -2.15. The molecule has 2 atom stereocenters. The summed E-state index contributed by atoms with van der Waals surface area (Å²) in [5, 5.41) is 12.8. The Morgan fingerprint density at radius 1 is 1.41 bits per heavy atom. The van der Waals surface area contributed by atoms with E-state index in [-0.39, 0.29) is 24.3 Å². The molecule has 0 aliphatic carbocycles. The fourth-order valence-corrected chi connectivity index (χ4v) is 2.23. The average Bonchev–Trinajstić information content (AvgIpc) is 3.02. The van der Waals surface area contributed by atoms with Crippen molar-refractivity contribution >= 4 is 0 Å². The van der Waals surface area contributed by atoms with Crippen LogP contribution < -0.4 is 10.1 Å². The van der Waals surface area contributed by atoms with Gasteiger partial charge in [-0.3, -0.25) is 0 Å². The molecule has 1 fully saturated rings. The summed E-state index contributed by atoms with van der Waals surface area (Å²) in [5.41, 5.74) is 0. The first-order valence-corrected chi connectivity index (χ1v) is 7.71. The highest BCUT2D eigenvalue weighted by Crippen LogP contribution is 2.14. The molecule has 0 amide bonds. The van der Waals surface area contributed by atoms with Crippen LogP contribution in [0.3, 0.4) is 0 Å². The summed E-state index contributed by atoms with van der Waals surface area (Å²) in [4.78, 5) is 0. The van der Waals surface area contributed by atoms with Crippen molar-refractivity contribution in [2.45, 2.75) is 25.0 Å². The van der Waals surface area contributed by atoms with E-state index >= 15 is 0 Å². The summed E-state index contributed by atoms with van der Waals surface area (Å²) >= 11 is 0. The minimum Gasteiger partial charge on any atom is -0.489 e. The predicted molar refractivity (Wildman–Crippen MR) is 80.6 cm³/mol. The van der Waals surface area contributed by atoms with Crippen LogP contribution in [0.1, 0.15) is 12.8 Å². The van der Waals surface area contributed by atoms with E-state index in [1.54, 1.807) is 18.2 Å². The van der Waals surface area contributed by atoms with Crippen molar-refractivity contribution < 1.29 is 23.7 Å². The molecular formula is C16H24FNO4. The van der Waals surface area contributed by atoms with Gasteiger partial charge in [0.25, 0.3) is 0 Å². The van der Waals surface area contributed by atoms with Crippen molar-refractivity contribution in [2.75, 3.05) is 39.5 Å². The number of aliphatic hydroxyl groups excluding tert-OH is 1. The minimum absolute atomic E-state index is 0.175. The van der Waals surface area contributed by atoms with Crippen LogP contribution in [0.4, 0.5) is 4.39 Å². The molecule has 0 saturated carbocycles. The maximum Gasteiger partial charge on any atom is 0.165 e. The third-order valence-electron chi connectivity index (χ3n) is 3.39. The Kier molecular flexibility index (Phi) is 7.59. The van der Waals surface area contributed by atoms with Gasteiger partial charge in [0, 0.05) is 19.7 Å². The molecule has 22 heavy (non-hydrogen) atoms. The fourth-order valence-electron chi connectivity index (χ4n) is 2.23.